The van der Waals surface area contributed by atoms with Crippen LogP contribution in [0.4, 0.5) is 0 Å². The number of rotatable bonds is 3. The summed E-state index contributed by atoms with van der Waals surface area (Å²) in [6.45, 7) is 3.97. The third kappa shape index (κ3) is 3.21. The van der Waals surface area contributed by atoms with Crippen LogP contribution in [0.25, 0.3) is 0 Å². The molecule has 1 atom stereocenters. The molecule has 2 fully saturated rings. The van der Waals surface area contributed by atoms with Gasteiger partial charge in [0.1, 0.15) is 0 Å². The van der Waals surface area contributed by atoms with Crippen molar-refractivity contribution in [1.82, 2.24) is 4.90 Å². The minimum atomic E-state index is 0.144. The van der Waals surface area contributed by atoms with E-state index in [2.05, 4.69) is 4.90 Å². The first kappa shape index (κ1) is 12.9. The molecular weight excluding hydrogens is 212 g/mol. The number of carbonyl (C=O) groups excluding carboxylic acids is 1. The van der Waals surface area contributed by atoms with Gasteiger partial charge in [0, 0.05) is 25.6 Å². The zero-order chi connectivity index (χ0) is 12.3. The van der Waals surface area contributed by atoms with Gasteiger partial charge in [0.2, 0.25) is 5.91 Å². The summed E-state index contributed by atoms with van der Waals surface area (Å²) in [5, 5.41) is 0. The summed E-state index contributed by atoms with van der Waals surface area (Å²) in [5.74, 6) is 0.324. The molecule has 17 heavy (non-hydrogen) atoms. The van der Waals surface area contributed by atoms with Crippen molar-refractivity contribution in [3.8, 4) is 0 Å². The van der Waals surface area contributed by atoms with E-state index in [0.29, 0.717) is 17.7 Å². The van der Waals surface area contributed by atoms with Crippen molar-refractivity contribution in [2.24, 2.45) is 11.1 Å². The number of likely N-dealkylation sites (tertiary alicyclic amines) is 1. The van der Waals surface area contributed by atoms with Gasteiger partial charge in [-0.05, 0) is 38.0 Å². The summed E-state index contributed by atoms with van der Waals surface area (Å²) >= 11 is 0. The van der Waals surface area contributed by atoms with Gasteiger partial charge in [0.05, 0.1) is 0 Å². The van der Waals surface area contributed by atoms with E-state index in [1.807, 2.05) is 6.92 Å². The van der Waals surface area contributed by atoms with E-state index in [9.17, 15) is 4.79 Å². The molecule has 98 valence electrons. The van der Waals surface area contributed by atoms with Crippen LogP contribution >= 0.6 is 0 Å². The van der Waals surface area contributed by atoms with Crippen molar-refractivity contribution in [2.45, 2.75) is 64.3 Å². The maximum Gasteiger partial charge on any atom is 0.222 e. The monoisotopic (exact) mass is 238 g/mol. The molecule has 3 nitrogen and oxygen atoms in total. The molecule has 1 unspecified atom stereocenters. The molecule has 0 bridgehead atoms. The van der Waals surface area contributed by atoms with Gasteiger partial charge in [-0.15, -0.1) is 0 Å². The van der Waals surface area contributed by atoms with Crippen molar-refractivity contribution in [3.05, 3.63) is 0 Å². The van der Waals surface area contributed by atoms with Gasteiger partial charge in [-0.2, -0.15) is 0 Å². The molecule has 0 radical (unpaired) electrons. The van der Waals surface area contributed by atoms with E-state index < -0.39 is 0 Å². The summed E-state index contributed by atoms with van der Waals surface area (Å²) in [5.41, 5.74) is 6.19. The van der Waals surface area contributed by atoms with Crippen LogP contribution in [0.5, 0.6) is 0 Å². The van der Waals surface area contributed by atoms with Gasteiger partial charge in [-0.1, -0.05) is 19.3 Å². The lowest BCUT2D eigenvalue weighted by Crippen LogP contribution is -2.33. The van der Waals surface area contributed by atoms with Crippen molar-refractivity contribution in [2.75, 3.05) is 13.1 Å². The number of nitrogens with zero attached hydrogens (tertiary/aromatic N) is 1. The van der Waals surface area contributed by atoms with Crippen LogP contribution in [0.1, 0.15) is 58.3 Å². The summed E-state index contributed by atoms with van der Waals surface area (Å²) in [6.07, 6.45) is 9.48. The van der Waals surface area contributed by atoms with Crippen molar-refractivity contribution < 1.29 is 4.79 Å². The maximum atomic E-state index is 12.0. The molecule has 0 aromatic rings. The second kappa shape index (κ2) is 5.38. The van der Waals surface area contributed by atoms with Gasteiger partial charge in [-0.25, -0.2) is 0 Å². The van der Waals surface area contributed by atoms with Crippen LogP contribution in [0.15, 0.2) is 0 Å². The average molecular weight is 238 g/mol. The molecule has 1 aliphatic carbocycles. The topological polar surface area (TPSA) is 46.3 Å². The predicted molar refractivity (Wildman–Crippen MR) is 69.6 cm³/mol. The lowest BCUT2D eigenvalue weighted by molar-refractivity contribution is -0.130. The van der Waals surface area contributed by atoms with Crippen LogP contribution in [0, 0.1) is 5.41 Å². The summed E-state index contributed by atoms with van der Waals surface area (Å²) < 4.78 is 0. The number of hydrogen-bond acceptors (Lipinski definition) is 2. The Morgan fingerprint density at radius 3 is 2.65 bits per heavy atom. The summed E-state index contributed by atoms with van der Waals surface area (Å²) in [6, 6.07) is 0.144. The predicted octanol–water partition coefficient (Wildman–Crippen LogP) is 2.30. The van der Waals surface area contributed by atoms with Gasteiger partial charge in [0.25, 0.3) is 0 Å². The van der Waals surface area contributed by atoms with Crippen LogP contribution < -0.4 is 5.73 Å². The summed E-state index contributed by atoms with van der Waals surface area (Å²) in [7, 11) is 0. The van der Waals surface area contributed by atoms with E-state index in [-0.39, 0.29) is 6.04 Å². The minimum Gasteiger partial charge on any atom is -0.342 e. The average Bonchev–Trinajstić information content (AvgIpc) is 2.71. The highest BCUT2D eigenvalue weighted by molar-refractivity contribution is 5.76. The SMILES string of the molecule is CC(N)CCC(=O)N1CCC2(CCCCC2)C1. The molecule has 0 aromatic carbocycles. The van der Waals surface area contributed by atoms with Gasteiger partial charge >= 0.3 is 0 Å². The van der Waals surface area contributed by atoms with E-state index in [1.54, 1.807) is 0 Å². The maximum absolute atomic E-state index is 12.0. The molecule has 1 amide bonds. The van der Waals surface area contributed by atoms with Crippen LogP contribution in [0.3, 0.4) is 0 Å². The zero-order valence-corrected chi connectivity index (χ0v) is 11.1. The molecule has 1 spiro atoms. The van der Waals surface area contributed by atoms with Crippen molar-refractivity contribution in [3.63, 3.8) is 0 Å². The van der Waals surface area contributed by atoms with E-state index >= 15 is 0 Å². The number of carbonyl (C=O) groups is 1. The van der Waals surface area contributed by atoms with E-state index in [1.165, 1.54) is 38.5 Å². The van der Waals surface area contributed by atoms with Gasteiger partial charge in [0.15, 0.2) is 0 Å². The molecule has 2 rings (SSSR count). The molecular formula is C14H26N2O. The molecule has 1 heterocycles. The Morgan fingerprint density at radius 2 is 2.00 bits per heavy atom. The minimum absolute atomic E-state index is 0.144. The van der Waals surface area contributed by atoms with Crippen LogP contribution in [0.2, 0.25) is 0 Å². The highest BCUT2D eigenvalue weighted by atomic mass is 16.2. The molecule has 1 saturated heterocycles. The summed E-state index contributed by atoms with van der Waals surface area (Å²) in [4.78, 5) is 14.1. The third-order valence-electron chi connectivity index (χ3n) is 4.52. The Labute approximate surface area is 105 Å². The quantitative estimate of drug-likeness (QED) is 0.820. The largest absolute Gasteiger partial charge is 0.342 e. The number of nitrogens with two attached hydrogens (primary N) is 1. The Morgan fingerprint density at radius 1 is 1.29 bits per heavy atom. The lowest BCUT2D eigenvalue weighted by atomic mass is 9.73. The number of hydrogen-bond donors (Lipinski definition) is 1. The Kier molecular flexibility index (Phi) is 4.08. The molecule has 0 aromatic heterocycles. The normalized spacial score (nSPS) is 25.2. The Bertz CT molecular complexity index is 269. The second-order valence-corrected chi connectivity index (χ2v) is 6.14. The van der Waals surface area contributed by atoms with Gasteiger partial charge in [-0.3, -0.25) is 4.79 Å². The molecule has 3 heteroatoms. The van der Waals surface area contributed by atoms with E-state index in [0.717, 1.165) is 19.5 Å². The Balaban J connectivity index is 1.82. The smallest absolute Gasteiger partial charge is 0.222 e. The highest BCUT2D eigenvalue weighted by Gasteiger charge is 2.40. The fourth-order valence-electron chi connectivity index (χ4n) is 3.37. The first-order chi connectivity index (χ1) is 8.11. The zero-order valence-electron chi connectivity index (χ0n) is 11.1. The lowest BCUT2D eigenvalue weighted by Gasteiger charge is -2.33. The standard InChI is InChI=1S/C14H26N2O/c1-12(15)5-6-13(17)16-10-9-14(11-16)7-3-2-4-8-14/h12H,2-11,15H2,1H3. The van der Waals surface area contributed by atoms with Crippen molar-refractivity contribution in [1.29, 1.82) is 0 Å². The van der Waals surface area contributed by atoms with E-state index in [4.69, 9.17) is 5.73 Å². The van der Waals surface area contributed by atoms with Crippen molar-refractivity contribution >= 4 is 5.91 Å². The molecule has 2 aliphatic rings. The Hall–Kier alpha value is -0.570. The molecule has 1 aliphatic heterocycles. The highest BCUT2D eigenvalue weighted by Crippen LogP contribution is 2.43. The van der Waals surface area contributed by atoms with Crippen LogP contribution in [-0.2, 0) is 4.79 Å². The third-order valence-corrected chi connectivity index (χ3v) is 4.52. The second-order valence-electron chi connectivity index (χ2n) is 6.14. The first-order valence-electron chi connectivity index (χ1n) is 7.15. The van der Waals surface area contributed by atoms with Gasteiger partial charge < -0.3 is 10.6 Å². The number of amides is 1. The first-order valence-corrected chi connectivity index (χ1v) is 7.15. The molecule has 1 saturated carbocycles. The fraction of sp³-hybridized carbons (Fsp3) is 0.929. The fourth-order valence-corrected chi connectivity index (χ4v) is 3.37. The van der Waals surface area contributed by atoms with Crippen LogP contribution in [-0.4, -0.2) is 29.9 Å². The molecule has 2 N–H and O–H groups in total.